The average Bonchev–Trinajstić information content (AvgIpc) is 2.85. The zero-order valence-electron chi connectivity index (χ0n) is 13.1. The maximum atomic E-state index is 3.72. The fraction of sp³-hybridized carbons (Fsp3) is 0.765. The van der Waals surface area contributed by atoms with E-state index in [4.69, 9.17) is 0 Å². The number of hydrogen-bond donors (Lipinski definition) is 1. The molecule has 0 aliphatic heterocycles. The highest BCUT2D eigenvalue weighted by molar-refractivity contribution is 9.10. The van der Waals surface area contributed by atoms with Gasteiger partial charge >= 0.3 is 0 Å². The van der Waals surface area contributed by atoms with Crippen molar-refractivity contribution in [3.8, 4) is 0 Å². The molecular formula is C17H30BrNS. The van der Waals surface area contributed by atoms with Crippen LogP contribution in [-0.4, -0.2) is 12.6 Å². The van der Waals surface area contributed by atoms with Gasteiger partial charge in [-0.05, 0) is 53.2 Å². The molecule has 1 nitrogen and oxygen atoms in total. The molecule has 0 aliphatic rings. The van der Waals surface area contributed by atoms with Gasteiger partial charge in [0.15, 0.2) is 0 Å². The van der Waals surface area contributed by atoms with E-state index >= 15 is 0 Å². The van der Waals surface area contributed by atoms with Gasteiger partial charge in [-0.1, -0.05) is 52.4 Å². The number of halogens is 1. The first-order valence-electron chi connectivity index (χ1n) is 8.23. The summed E-state index contributed by atoms with van der Waals surface area (Å²) in [7, 11) is 0. The van der Waals surface area contributed by atoms with Gasteiger partial charge in [-0.25, -0.2) is 0 Å². The van der Waals surface area contributed by atoms with E-state index in [2.05, 4.69) is 46.5 Å². The number of thiophene rings is 1. The Balaban J connectivity index is 2.27. The number of hydrogen-bond acceptors (Lipinski definition) is 2. The molecule has 1 atom stereocenters. The predicted molar refractivity (Wildman–Crippen MR) is 95.8 cm³/mol. The Morgan fingerprint density at radius 2 is 1.85 bits per heavy atom. The molecular weight excluding hydrogens is 330 g/mol. The van der Waals surface area contributed by atoms with Crippen molar-refractivity contribution in [2.75, 3.05) is 6.54 Å². The van der Waals surface area contributed by atoms with Gasteiger partial charge in [0.25, 0.3) is 0 Å². The molecule has 1 aromatic heterocycles. The minimum absolute atomic E-state index is 0.649. The molecule has 1 unspecified atom stereocenters. The molecule has 0 saturated heterocycles. The van der Waals surface area contributed by atoms with Crippen LogP contribution in [0, 0.1) is 0 Å². The summed E-state index contributed by atoms with van der Waals surface area (Å²) in [4.78, 5) is 1.49. The summed E-state index contributed by atoms with van der Waals surface area (Å²) in [6, 6.07) is 2.82. The largest absolute Gasteiger partial charge is 0.314 e. The Labute approximate surface area is 137 Å². The summed E-state index contributed by atoms with van der Waals surface area (Å²) in [6.07, 6.45) is 12.1. The van der Waals surface area contributed by atoms with Crippen molar-refractivity contribution in [3.63, 3.8) is 0 Å². The summed E-state index contributed by atoms with van der Waals surface area (Å²) < 4.78 is 1.29. The molecule has 116 valence electrons. The third kappa shape index (κ3) is 7.80. The van der Waals surface area contributed by atoms with E-state index in [1.165, 1.54) is 67.1 Å². The molecule has 0 amide bonds. The quantitative estimate of drug-likeness (QED) is 0.439. The van der Waals surface area contributed by atoms with Crippen molar-refractivity contribution in [1.29, 1.82) is 0 Å². The molecule has 0 saturated carbocycles. The van der Waals surface area contributed by atoms with E-state index in [1.54, 1.807) is 0 Å². The Morgan fingerprint density at radius 1 is 1.10 bits per heavy atom. The third-order valence-electron chi connectivity index (χ3n) is 3.71. The van der Waals surface area contributed by atoms with Crippen LogP contribution in [-0.2, 0) is 6.42 Å². The van der Waals surface area contributed by atoms with Crippen LogP contribution >= 0.6 is 27.3 Å². The molecule has 3 heteroatoms. The Morgan fingerprint density at radius 3 is 2.50 bits per heavy atom. The van der Waals surface area contributed by atoms with E-state index in [0.29, 0.717) is 6.04 Å². The molecule has 1 aromatic rings. The summed E-state index contributed by atoms with van der Waals surface area (Å²) in [5.41, 5.74) is 0. The highest BCUT2D eigenvalue weighted by atomic mass is 79.9. The Hall–Kier alpha value is 0.140. The van der Waals surface area contributed by atoms with Crippen molar-refractivity contribution < 1.29 is 0 Å². The highest BCUT2D eigenvalue weighted by Gasteiger charge is 2.11. The fourth-order valence-electron chi connectivity index (χ4n) is 2.49. The molecule has 0 aliphatic carbocycles. The van der Waals surface area contributed by atoms with Gasteiger partial charge < -0.3 is 5.32 Å². The normalized spacial score (nSPS) is 12.8. The van der Waals surface area contributed by atoms with E-state index in [1.807, 2.05) is 11.3 Å². The zero-order chi connectivity index (χ0) is 14.6. The second-order valence-corrected chi connectivity index (χ2v) is 7.46. The van der Waals surface area contributed by atoms with E-state index in [9.17, 15) is 0 Å². The van der Waals surface area contributed by atoms with Crippen molar-refractivity contribution in [2.45, 2.75) is 77.7 Å². The molecule has 0 aromatic carbocycles. The minimum atomic E-state index is 0.649. The summed E-state index contributed by atoms with van der Waals surface area (Å²) in [5, 5.41) is 5.90. The van der Waals surface area contributed by atoms with Crippen molar-refractivity contribution in [3.05, 3.63) is 20.8 Å². The van der Waals surface area contributed by atoms with E-state index in [-0.39, 0.29) is 0 Å². The highest BCUT2D eigenvalue weighted by Crippen LogP contribution is 2.25. The minimum Gasteiger partial charge on any atom is -0.314 e. The van der Waals surface area contributed by atoms with Gasteiger partial charge in [0.05, 0.1) is 0 Å². The predicted octanol–water partition coefficient (Wildman–Crippen LogP) is 6.17. The van der Waals surface area contributed by atoms with Crippen LogP contribution in [0.4, 0.5) is 0 Å². The first kappa shape index (κ1) is 18.2. The maximum Gasteiger partial charge on any atom is 0.0314 e. The van der Waals surface area contributed by atoms with Gasteiger partial charge in [-0.3, -0.25) is 0 Å². The van der Waals surface area contributed by atoms with Crippen LogP contribution in [0.5, 0.6) is 0 Å². The Kier molecular flexibility index (Phi) is 10.7. The summed E-state index contributed by atoms with van der Waals surface area (Å²) in [6.45, 7) is 5.67. The summed E-state index contributed by atoms with van der Waals surface area (Å²) in [5.74, 6) is 0. The second kappa shape index (κ2) is 11.8. The number of nitrogens with one attached hydrogen (secondary N) is 1. The van der Waals surface area contributed by atoms with Crippen molar-refractivity contribution in [2.24, 2.45) is 0 Å². The SMILES string of the molecule is CCCCCCCCC(Cc1sccc1Br)NCCC. The van der Waals surface area contributed by atoms with Crippen molar-refractivity contribution >= 4 is 27.3 Å². The van der Waals surface area contributed by atoms with Gasteiger partial charge in [-0.15, -0.1) is 11.3 Å². The maximum absolute atomic E-state index is 3.72. The lowest BCUT2D eigenvalue weighted by Gasteiger charge is -2.18. The first-order chi connectivity index (χ1) is 9.77. The zero-order valence-corrected chi connectivity index (χ0v) is 15.5. The molecule has 1 heterocycles. The number of rotatable bonds is 12. The average molecular weight is 360 g/mol. The van der Waals surface area contributed by atoms with Crippen LogP contribution in [0.1, 0.15) is 70.1 Å². The third-order valence-corrected chi connectivity index (χ3v) is 5.66. The summed E-state index contributed by atoms with van der Waals surface area (Å²) >= 11 is 5.53. The fourth-order valence-corrected chi connectivity index (χ4v) is 4.09. The molecule has 0 fully saturated rings. The van der Waals surface area contributed by atoms with Gasteiger partial charge in [0.2, 0.25) is 0 Å². The molecule has 0 radical (unpaired) electrons. The molecule has 1 N–H and O–H groups in total. The van der Waals surface area contributed by atoms with Crippen molar-refractivity contribution in [1.82, 2.24) is 5.32 Å². The monoisotopic (exact) mass is 359 g/mol. The van der Waals surface area contributed by atoms with Crippen LogP contribution in [0.2, 0.25) is 0 Å². The van der Waals surface area contributed by atoms with Crippen LogP contribution in [0.25, 0.3) is 0 Å². The van der Waals surface area contributed by atoms with Crippen LogP contribution < -0.4 is 5.32 Å². The lowest BCUT2D eigenvalue weighted by Crippen LogP contribution is -2.31. The smallest absolute Gasteiger partial charge is 0.0314 e. The van der Waals surface area contributed by atoms with Crippen LogP contribution in [0.15, 0.2) is 15.9 Å². The van der Waals surface area contributed by atoms with E-state index in [0.717, 1.165) is 6.54 Å². The molecule has 0 bridgehead atoms. The lowest BCUT2D eigenvalue weighted by atomic mass is 10.0. The van der Waals surface area contributed by atoms with Gasteiger partial charge in [-0.2, -0.15) is 0 Å². The van der Waals surface area contributed by atoms with E-state index < -0.39 is 0 Å². The Bertz CT molecular complexity index is 337. The molecule has 1 rings (SSSR count). The molecule has 20 heavy (non-hydrogen) atoms. The topological polar surface area (TPSA) is 12.0 Å². The molecule has 0 spiro atoms. The first-order valence-corrected chi connectivity index (χ1v) is 9.90. The van der Waals surface area contributed by atoms with Crippen LogP contribution in [0.3, 0.4) is 0 Å². The number of unbranched alkanes of at least 4 members (excludes halogenated alkanes) is 5. The second-order valence-electron chi connectivity index (χ2n) is 5.60. The van der Waals surface area contributed by atoms with Gasteiger partial charge in [0.1, 0.15) is 0 Å². The standard InChI is InChI=1S/C17H30BrNS/c1-3-5-6-7-8-9-10-15(19-12-4-2)14-17-16(18)11-13-20-17/h11,13,15,19H,3-10,12,14H2,1-2H3. The lowest BCUT2D eigenvalue weighted by molar-refractivity contribution is 0.452. The van der Waals surface area contributed by atoms with Gasteiger partial charge in [0, 0.05) is 15.4 Å².